The van der Waals surface area contributed by atoms with Gasteiger partial charge < -0.3 is 15.2 Å². The standard InChI is InChI=1S/C17H16ClN5O2S2/c1-23-14(21-22-17(23)26)6-7-19-15(24)10-4-5-11(18)12(9-10)20-16(25)13-3-2-8-27-13/h2-5,8-9H,6-7H2,1H3,(H,19,24)(H,20,25)(H,22,26). The number of aromatic amines is 1. The molecule has 0 spiro atoms. The fourth-order valence-electron chi connectivity index (χ4n) is 2.35. The number of nitrogens with one attached hydrogen (secondary N) is 3. The van der Waals surface area contributed by atoms with Gasteiger partial charge in [-0.05, 0) is 41.9 Å². The van der Waals surface area contributed by atoms with Crippen LogP contribution in [0.4, 0.5) is 5.69 Å². The number of thiophene rings is 1. The summed E-state index contributed by atoms with van der Waals surface area (Å²) in [7, 11) is 1.81. The summed E-state index contributed by atoms with van der Waals surface area (Å²) in [6.45, 7) is 0.395. The predicted molar refractivity (Wildman–Crippen MR) is 108 cm³/mol. The third kappa shape index (κ3) is 4.62. The van der Waals surface area contributed by atoms with Crippen LogP contribution >= 0.6 is 35.2 Å². The van der Waals surface area contributed by atoms with E-state index in [1.54, 1.807) is 34.9 Å². The Balaban J connectivity index is 1.64. The normalized spacial score (nSPS) is 10.6. The lowest BCUT2D eigenvalue weighted by atomic mass is 10.2. The van der Waals surface area contributed by atoms with Crippen LogP contribution in [0.2, 0.25) is 5.02 Å². The van der Waals surface area contributed by atoms with Crippen molar-refractivity contribution in [3.63, 3.8) is 0 Å². The van der Waals surface area contributed by atoms with Gasteiger partial charge in [0.05, 0.1) is 15.6 Å². The highest BCUT2D eigenvalue weighted by Crippen LogP contribution is 2.24. The number of anilines is 1. The summed E-state index contributed by atoms with van der Waals surface area (Å²) in [5.74, 6) is 0.214. The highest BCUT2D eigenvalue weighted by atomic mass is 35.5. The molecule has 27 heavy (non-hydrogen) atoms. The Kier molecular flexibility index (Phi) is 6.04. The molecule has 0 saturated carbocycles. The lowest BCUT2D eigenvalue weighted by molar-refractivity contribution is 0.0952. The number of rotatable bonds is 6. The van der Waals surface area contributed by atoms with Crippen LogP contribution in [0.15, 0.2) is 35.7 Å². The summed E-state index contributed by atoms with van der Waals surface area (Å²) in [4.78, 5) is 25.1. The number of hydrogen-bond acceptors (Lipinski definition) is 5. The molecule has 0 aliphatic carbocycles. The monoisotopic (exact) mass is 421 g/mol. The Bertz CT molecular complexity index is 1030. The molecular formula is C17H16ClN5O2S2. The van der Waals surface area contributed by atoms with Gasteiger partial charge >= 0.3 is 0 Å². The number of benzene rings is 1. The molecule has 3 aromatic rings. The second-order valence-electron chi connectivity index (χ2n) is 5.64. The number of halogens is 1. The Labute approximate surface area is 169 Å². The number of carbonyl (C=O) groups is 2. The first kappa shape index (κ1) is 19.3. The van der Waals surface area contributed by atoms with Gasteiger partial charge in [-0.15, -0.1) is 11.3 Å². The lowest BCUT2D eigenvalue weighted by Crippen LogP contribution is -2.26. The van der Waals surface area contributed by atoms with Crippen molar-refractivity contribution in [2.75, 3.05) is 11.9 Å². The van der Waals surface area contributed by atoms with Crippen molar-refractivity contribution in [1.29, 1.82) is 0 Å². The van der Waals surface area contributed by atoms with Crippen molar-refractivity contribution in [2.45, 2.75) is 6.42 Å². The average Bonchev–Trinajstić information content (AvgIpc) is 3.29. The van der Waals surface area contributed by atoms with Gasteiger partial charge in [-0.25, -0.2) is 0 Å². The minimum absolute atomic E-state index is 0.268. The van der Waals surface area contributed by atoms with E-state index in [2.05, 4.69) is 20.8 Å². The number of nitrogens with zero attached hydrogens (tertiary/aromatic N) is 2. The molecule has 0 aliphatic heterocycles. The third-order valence-electron chi connectivity index (χ3n) is 3.83. The van der Waals surface area contributed by atoms with Gasteiger partial charge in [-0.3, -0.25) is 14.7 Å². The molecule has 0 saturated heterocycles. The number of H-pyrrole nitrogens is 1. The molecule has 7 nitrogen and oxygen atoms in total. The molecule has 2 aromatic heterocycles. The lowest BCUT2D eigenvalue weighted by Gasteiger charge is -2.09. The van der Waals surface area contributed by atoms with Crippen LogP contribution in [0, 0.1) is 4.77 Å². The van der Waals surface area contributed by atoms with E-state index >= 15 is 0 Å². The van der Waals surface area contributed by atoms with Gasteiger partial charge in [-0.2, -0.15) is 5.10 Å². The molecule has 2 amide bonds. The summed E-state index contributed by atoms with van der Waals surface area (Å²) in [6, 6.07) is 8.25. The molecule has 140 valence electrons. The van der Waals surface area contributed by atoms with Crippen molar-refractivity contribution in [1.82, 2.24) is 20.1 Å². The molecule has 0 aliphatic rings. The van der Waals surface area contributed by atoms with E-state index < -0.39 is 0 Å². The summed E-state index contributed by atoms with van der Waals surface area (Å²) >= 11 is 12.5. The molecule has 2 heterocycles. The van der Waals surface area contributed by atoms with Crippen molar-refractivity contribution in [3.05, 3.63) is 61.8 Å². The summed E-state index contributed by atoms with van der Waals surface area (Å²) < 4.78 is 2.28. The number of amides is 2. The fourth-order valence-corrected chi connectivity index (χ4v) is 3.28. The Hall–Kier alpha value is -2.49. The first-order valence-electron chi connectivity index (χ1n) is 7.98. The van der Waals surface area contributed by atoms with Gasteiger partial charge in [0.1, 0.15) is 5.82 Å². The molecule has 0 unspecified atom stereocenters. The Morgan fingerprint density at radius 1 is 1.33 bits per heavy atom. The van der Waals surface area contributed by atoms with Crippen LogP contribution in [-0.2, 0) is 13.5 Å². The van der Waals surface area contributed by atoms with Gasteiger partial charge in [-0.1, -0.05) is 17.7 Å². The van der Waals surface area contributed by atoms with Gasteiger partial charge in [0.25, 0.3) is 11.8 Å². The SMILES string of the molecule is Cn1c(CCNC(=O)c2ccc(Cl)c(NC(=O)c3cccs3)c2)n[nH]c1=S. The van der Waals surface area contributed by atoms with Gasteiger partial charge in [0.15, 0.2) is 4.77 Å². The molecule has 1 aromatic carbocycles. The third-order valence-corrected chi connectivity index (χ3v) is 5.39. The molecule has 0 atom stereocenters. The van der Waals surface area contributed by atoms with Gasteiger partial charge in [0.2, 0.25) is 0 Å². The molecule has 0 bridgehead atoms. The largest absolute Gasteiger partial charge is 0.352 e. The molecule has 0 fully saturated rings. The Morgan fingerprint density at radius 2 is 2.15 bits per heavy atom. The molecule has 3 N–H and O–H groups in total. The minimum atomic E-state index is -0.268. The van der Waals surface area contributed by atoms with E-state index in [1.165, 1.54) is 11.3 Å². The maximum atomic E-state index is 12.4. The van der Waals surface area contributed by atoms with Crippen LogP contribution in [0.25, 0.3) is 0 Å². The van der Waals surface area contributed by atoms with Crippen molar-refractivity contribution >= 4 is 52.7 Å². The van der Waals surface area contributed by atoms with E-state index in [9.17, 15) is 9.59 Å². The van der Waals surface area contributed by atoms with Gasteiger partial charge in [0, 0.05) is 25.6 Å². The van der Waals surface area contributed by atoms with E-state index in [0.717, 1.165) is 5.82 Å². The Morgan fingerprint density at radius 3 is 2.81 bits per heavy atom. The van der Waals surface area contributed by atoms with E-state index in [1.807, 2.05) is 12.4 Å². The van der Waals surface area contributed by atoms with Crippen LogP contribution in [0.3, 0.4) is 0 Å². The zero-order chi connectivity index (χ0) is 19.4. The second-order valence-corrected chi connectivity index (χ2v) is 7.38. The van der Waals surface area contributed by atoms with E-state index in [4.69, 9.17) is 23.8 Å². The maximum Gasteiger partial charge on any atom is 0.265 e. The smallest absolute Gasteiger partial charge is 0.265 e. The van der Waals surface area contributed by atoms with Crippen molar-refractivity contribution in [2.24, 2.45) is 7.05 Å². The molecule has 0 radical (unpaired) electrons. The maximum absolute atomic E-state index is 12.4. The van der Waals surface area contributed by atoms with Crippen LogP contribution in [-0.4, -0.2) is 33.1 Å². The van der Waals surface area contributed by atoms with Crippen molar-refractivity contribution < 1.29 is 9.59 Å². The first-order valence-corrected chi connectivity index (χ1v) is 9.65. The number of hydrogen-bond donors (Lipinski definition) is 3. The molecule has 3 rings (SSSR count). The van der Waals surface area contributed by atoms with E-state index in [-0.39, 0.29) is 11.8 Å². The van der Waals surface area contributed by atoms with E-state index in [0.29, 0.717) is 38.9 Å². The zero-order valence-electron chi connectivity index (χ0n) is 14.3. The number of carbonyl (C=O) groups excluding carboxylic acids is 2. The number of aromatic nitrogens is 3. The molecular weight excluding hydrogens is 406 g/mol. The average molecular weight is 422 g/mol. The van der Waals surface area contributed by atoms with Crippen LogP contribution < -0.4 is 10.6 Å². The zero-order valence-corrected chi connectivity index (χ0v) is 16.7. The highest BCUT2D eigenvalue weighted by Gasteiger charge is 2.13. The quantitative estimate of drug-likeness (QED) is 0.532. The topological polar surface area (TPSA) is 91.8 Å². The summed E-state index contributed by atoms with van der Waals surface area (Å²) in [5, 5.41) is 14.5. The highest BCUT2D eigenvalue weighted by molar-refractivity contribution is 7.71. The van der Waals surface area contributed by atoms with Crippen LogP contribution in [0.1, 0.15) is 25.9 Å². The summed E-state index contributed by atoms with van der Waals surface area (Å²) in [6.07, 6.45) is 0.533. The summed E-state index contributed by atoms with van der Waals surface area (Å²) in [5.41, 5.74) is 0.786. The predicted octanol–water partition coefficient (Wildman–Crippen LogP) is 3.42. The second kappa shape index (κ2) is 8.47. The fraction of sp³-hybridized carbons (Fsp3) is 0.176. The first-order chi connectivity index (χ1) is 13.0. The minimum Gasteiger partial charge on any atom is -0.352 e. The van der Waals surface area contributed by atoms with Crippen LogP contribution in [0.5, 0.6) is 0 Å². The van der Waals surface area contributed by atoms with Crippen molar-refractivity contribution in [3.8, 4) is 0 Å². The molecule has 10 heteroatoms.